The van der Waals surface area contributed by atoms with Crippen LogP contribution in [-0.2, 0) is 4.74 Å². The summed E-state index contributed by atoms with van der Waals surface area (Å²) in [5, 5.41) is 0. The molecule has 2 nitrogen and oxygen atoms in total. The predicted molar refractivity (Wildman–Crippen MR) is 105 cm³/mol. The van der Waals surface area contributed by atoms with Crippen LogP contribution in [0.3, 0.4) is 0 Å². The number of fused-ring (bicyclic) bond motifs is 2. The van der Waals surface area contributed by atoms with Crippen molar-refractivity contribution in [2.45, 2.75) is 78.2 Å². The lowest BCUT2D eigenvalue weighted by Crippen LogP contribution is -2.41. The van der Waals surface area contributed by atoms with E-state index in [0.29, 0.717) is 17.4 Å². The number of benzene rings is 1. The average molecular weight is 355 g/mol. The molecule has 0 unspecified atom stereocenters. The summed E-state index contributed by atoms with van der Waals surface area (Å²) in [5.74, 6) is 1.95. The fourth-order valence-corrected chi connectivity index (χ4v) is 6.57. The van der Waals surface area contributed by atoms with Gasteiger partial charge in [-0.2, -0.15) is 0 Å². The van der Waals surface area contributed by atoms with Crippen molar-refractivity contribution in [2.24, 2.45) is 28.6 Å². The number of hydrogen-bond donors (Lipinski definition) is 0. The van der Waals surface area contributed by atoms with Crippen LogP contribution in [0.4, 0.5) is 0 Å². The number of esters is 1. The zero-order valence-corrected chi connectivity index (χ0v) is 16.7. The Balaban J connectivity index is 1.57. The molecule has 2 bridgehead atoms. The molecule has 1 aromatic carbocycles. The Hall–Kier alpha value is -1.31. The minimum absolute atomic E-state index is 0.0749. The molecular weight excluding hydrogens is 320 g/mol. The van der Waals surface area contributed by atoms with Gasteiger partial charge in [-0.3, -0.25) is 0 Å². The van der Waals surface area contributed by atoms with E-state index in [-0.39, 0.29) is 22.9 Å². The van der Waals surface area contributed by atoms with Gasteiger partial charge in [0.1, 0.15) is 6.10 Å². The molecule has 2 heteroatoms. The number of hydrogen-bond acceptors (Lipinski definition) is 2. The zero-order chi connectivity index (χ0) is 18.4. The minimum Gasteiger partial charge on any atom is -0.458 e. The molecule has 4 atom stereocenters. The molecular formula is C24H34O2. The van der Waals surface area contributed by atoms with Crippen molar-refractivity contribution in [3.8, 4) is 0 Å². The van der Waals surface area contributed by atoms with Crippen LogP contribution in [0.1, 0.15) is 82.5 Å². The van der Waals surface area contributed by atoms with E-state index in [1.165, 1.54) is 51.4 Å². The van der Waals surface area contributed by atoms with Gasteiger partial charge in [-0.25, -0.2) is 4.79 Å². The van der Waals surface area contributed by atoms with Crippen LogP contribution in [0.5, 0.6) is 0 Å². The maximum absolute atomic E-state index is 12.8. The van der Waals surface area contributed by atoms with Crippen LogP contribution in [-0.4, -0.2) is 12.1 Å². The molecule has 0 aliphatic heterocycles. The van der Waals surface area contributed by atoms with E-state index in [1.54, 1.807) is 0 Å². The van der Waals surface area contributed by atoms with Crippen molar-refractivity contribution in [1.29, 1.82) is 0 Å². The summed E-state index contributed by atoms with van der Waals surface area (Å²) in [7, 11) is 0. The molecule has 0 saturated heterocycles. The Labute approximate surface area is 158 Å². The molecule has 3 saturated carbocycles. The molecule has 0 radical (unpaired) electrons. The lowest BCUT2D eigenvalue weighted by atomic mass is 9.69. The Morgan fingerprint density at radius 1 is 1.04 bits per heavy atom. The van der Waals surface area contributed by atoms with Crippen molar-refractivity contribution in [1.82, 2.24) is 0 Å². The summed E-state index contributed by atoms with van der Waals surface area (Å²) in [6.07, 6.45) is 10.8. The third kappa shape index (κ3) is 2.80. The molecule has 4 rings (SSSR count). The van der Waals surface area contributed by atoms with E-state index >= 15 is 0 Å². The van der Waals surface area contributed by atoms with E-state index in [9.17, 15) is 4.79 Å². The lowest BCUT2D eigenvalue weighted by Gasteiger charge is -2.40. The number of carbonyl (C=O) groups is 1. The third-order valence-electron chi connectivity index (χ3n) is 8.48. The second-order valence-electron chi connectivity index (χ2n) is 9.88. The molecule has 3 fully saturated rings. The van der Waals surface area contributed by atoms with Gasteiger partial charge in [0.05, 0.1) is 5.56 Å². The molecule has 3 aliphatic carbocycles. The van der Waals surface area contributed by atoms with Crippen molar-refractivity contribution in [3.63, 3.8) is 0 Å². The predicted octanol–water partition coefficient (Wildman–Crippen LogP) is 6.25. The van der Waals surface area contributed by atoms with Gasteiger partial charge in [-0.05, 0) is 48.6 Å². The summed E-state index contributed by atoms with van der Waals surface area (Å²) >= 11 is 0. The fourth-order valence-electron chi connectivity index (χ4n) is 6.57. The van der Waals surface area contributed by atoms with Crippen LogP contribution in [0.2, 0.25) is 0 Å². The topological polar surface area (TPSA) is 26.3 Å². The monoisotopic (exact) mass is 354 g/mol. The first-order chi connectivity index (χ1) is 12.4. The second kappa shape index (κ2) is 6.69. The Morgan fingerprint density at radius 2 is 1.73 bits per heavy atom. The zero-order valence-electron chi connectivity index (χ0n) is 16.7. The van der Waals surface area contributed by atoms with Crippen molar-refractivity contribution in [3.05, 3.63) is 35.9 Å². The van der Waals surface area contributed by atoms with Crippen LogP contribution in [0.25, 0.3) is 0 Å². The molecule has 1 aromatic rings. The van der Waals surface area contributed by atoms with Gasteiger partial charge >= 0.3 is 5.97 Å². The SMILES string of the molecule is CC1(C)[C@H]2CC[C@]1(C)[C@@H](OC(=O)c1ccccc1)[C@@H]2CC1CCCCC1. The summed E-state index contributed by atoms with van der Waals surface area (Å²) in [6.45, 7) is 7.24. The van der Waals surface area contributed by atoms with E-state index in [1.807, 2.05) is 30.3 Å². The smallest absolute Gasteiger partial charge is 0.338 e. The van der Waals surface area contributed by atoms with Crippen LogP contribution in [0, 0.1) is 28.6 Å². The maximum atomic E-state index is 12.8. The van der Waals surface area contributed by atoms with Crippen molar-refractivity contribution < 1.29 is 9.53 Å². The highest BCUT2D eigenvalue weighted by molar-refractivity contribution is 5.89. The van der Waals surface area contributed by atoms with E-state index in [4.69, 9.17) is 4.74 Å². The standard InChI is InChI=1S/C24H34O2/c1-23(2)20-14-15-24(23,3)21(19(20)16-17-10-6-4-7-11-17)26-22(25)18-12-8-5-9-13-18/h5,8-9,12-13,17,19-21H,4,6-7,10-11,14-16H2,1-3H3/t19-,20+,21+,24-/m1/s1. The first-order valence-corrected chi connectivity index (χ1v) is 10.7. The van der Waals surface area contributed by atoms with E-state index < -0.39 is 0 Å². The first-order valence-electron chi connectivity index (χ1n) is 10.7. The van der Waals surface area contributed by atoms with Crippen molar-refractivity contribution in [2.75, 3.05) is 0 Å². The second-order valence-corrected chi connectivity index (χ2v) is 9.88. The quantitative estimate of drug-likeness (QED) is 0.597. The molecule has 142 valence electrons. The number of rotatable bonds is 4. The first kappa shape index (κ1) is 18.1. The Kier molecular flexibility index (Phi) is 4.65. The largest absolute Gasteiger partial charge is 0.458 e. The Morgan fingerprint density at radius 3 is 2.42 bits per heavy atom. The molecule has 0 spiro atoms. The molecule has 0 heterocycles. The summed E-state index contributed by atoms with van der Waals surface area (Å²) in [6, 6.07) is 9.54. The summed E-state index contributed by atoms with van der Waals surface area (Å²) < 4.78 is 6.29. The Bertz CT molecular complexity index is 643. The minimum atomic E-state index is -0.131. The fraction of sp³-hybridized carbons (Fsp3) is 0.708. The van der Waals surface area contributed by atoms with Gasteiger partial charge in [-0.15, -0.1) is 0 Å². The van der Waals surface area contributed by atoms with E-state index in [0.717, 1.165) is 5.92 Å². The normalized spacial score (nSPS) is 36.2. The highest BCUT2D eigenvalue weighted by Gasteiger charge is 2.67. The van der Waals surface area contributed by atoms with Gasteiger partial charge in [0.25, 0.3) is 0 Å². The van der Waals surface area contributed by atoms with Crippen LogP contribution in [0.15, 0.2) is 30.3 Å². The van der Waals surface area contributed by atoms with Gasteiger partial charge in [0.15, 0.2) is 0 Å². The van der Waals surface area contributed by atoms with Gasteiger partial charge in [0, 0.05) is 11.3 Å². The average Bonchev–Trinajstić information content (AvgIpc) is 2.96. The molecule has 0 aromatic heterocycles. The third-order valence-corrected chi connectivity index (χ3v) is 8.48. The molecule has 26 heavy (non-hydrogen) atoms. The lowest BCUT2D eigenvalue weighted by molar-refractivity contribution is -0.0454. The summed E-state index contributed by atoms with van der Waals surface area (Å²) in [4.78, 5) is 12.8. The van der Waals surface area contributed by atoms with Crippen molar-refractivity contribution >= 4 is 5.97 Å². The molecule has 3 aliphatic rings. The van der Waals surface area contributed by atoms with Crippen LogP contribution < -0.4 is 0 Å². The van der Waals surface area contributed by atoms with Crippen LogP contribution >= 0.6 is 0 Å². The maximum Gasteiger partial charge on any atom is 0.338 e. The van der Waals surface area contributed by atoms with Gasteiger partial charge in [0.2, 0.25) is 0 Å². The highest BCUT2D eigenvalue weighted by atomic mass is 16.5. The molecule has 0 amide bonds. The summed E-state index contributed by atoms with van der Waals surface area (Å²) in [5.41, 5.74) is 1.06. The van der Waals surface area contributed by atoms with Gasteiger partial charge in [-0.1, -0.05) is 71.1 Å². The molecule has 0 N–H and O–H groups in total. The number of ether oxygens (including phenoxy) is 1. The van der Waals surface area contributed by atoms with Gasteiger partial charge < -0.3 is 4.74 Å². The number of carbonyl (C=O) groups excluding carboxylic acids is 1. The highest BCUT2D eigenvalue weighted by Crippen LogP contribution is 2.69. The van der Waals surface area contributed by atoms with E-state index in [2.05, 4.69) is 20.8 Å².